The number of anilines is 1. The van der Waals surface area contributed by atoms with E-state index in [0.717, 1.165) is 0 Å². The molecule has 0 aliphatic heterocycles. The first-order valence-corrected chi connectivity index (χ1v) is 4.05. The number of nitrogens with two attached hydrogens (primary N) is 1. The number of nitrogens with one attached hydrogen (secondary N) is 1. The van der Waals surface area contributed by atoms with E-state index in [2.05, 4.69) is 5.32 Å². The second-order valence-electron chi connectivity index (χ2n) is 2.65. The van der Waals surface area contributed by atoms with Crippen LogP contribution in [0.15, 0.2) is 18.2 Å². The van der Waals surface area contributed by atoms with Crippen molar-refractivity contribution in [2.75, 3.05) is 19.0 Å². The van der Waals surface area contributed by atoms with Gasteiger partial charge in [0.2, 0.25) is 0 Å². The van der Waals surface area contributed by atoms with Gasteiger partial charge in [0.25, 0.3) is 5.91 Å². The predicted octanol–water partition coefficient (Wildman–Crippen LogP) is 1.11. The van der Waals surface area contributed by atoms with E-state index in [0.29, 0.717) is 0 Å². The van der Waals surface area contributed by atoms with Crippen LogP contribution in [0.3, 0.4) is 0 Å². The maximum Gasteiger partial charge on any atom is 0.254 e. The molecule has 0 unspecified atom stereocenters. The fourth-order valence-corrected chi connectivity index (χ4v) is 0.981. The molecule has 0 bridgehead atoms. The minimum atomic E-state index is -0.774. The number of rotatable bonds is 3. The highest BCUT2D eigenvalue weighted by Gasteiger charge is 2.12. The van der Waals surface area contributed by atoms with Gasteiger partial charge in [-0.2, -0.15) is 0 Å². The third-order valence-corrected chi connectivity index (χ3v) is 1.65. The zero-order valence-electron chi connectivity index (χ0n) is 7.39. The summed E-state index contributed by atoms with van der Waals surface area (Å²) >= 11 is 0. The second-order valence-corrected chi connectivity index (χ2v) is 2.65. The first kappa shape index (κ1) is 10.4. The van der Waals surface area contributed by atoms with Crippen LogP contribution in [0.5, 0.6) is 0 Å². The summed E-state index contributed by atoms with van der Waals surface area (Å²) in [5, 5.41) is 2.21. The number of amides is 1. The number of halogens is 2. The molecule has 3 N–H and O–H groups in total. The average molecular weight is 200 g/mol. The molecule has 1 rings (SSSR count). The van der Waals surface area contributed by atoms with E-state index in [1.54, 1.807) is 0 Å². The van der Waals surface area contributed by atoms with Gasteiger partial charge in [0.05, 0.1) is 11.3 Å². The van der Waals surface area contributed by atoms with E-state index < -0.39 is 18.4 Å². The highest BCUT2D eigenvalue weighted by Crippen LogP contribution is 2.14. The lowest BCUT2D eigenvalue weighted by Crippen LogP contribution is -2.26. The number of nitrogen functional groups attached to an aromatic ring is 1. The highest BCUT2D eigenvalue weighted by atomic mass is 19.1. The van der Waals surface area contributed by atoms with Crippen LogP contribution in [0.2, 0.25) is 0 Å². The normalized spacial score (nSPS) is 9.86. The summed E-state index contributed by atoms with van der Waals surface area (Å²) in [6.45, 7) is -0.817. The van der Waals surface area contributed by atoms with E-state index in [9.17, 15) is 13.6 Å². The van der Waals surface area contributed by atoms with Gasteiger partial charge in [0.15, 0.2) is 5.82 Å². The lowest BCUT2D eigenvalue weighted by molar-refractivity contribution is 0.0947. The Morgan fingerprint density at radius 1 is 1.50 bits per heavy atom. The number of benzene rings is 1. The molecule has 5 heteroatoms. The Morgan fingerprint density at radius 3 is 2.86 bits per heavy atom. The van der Waals surface area contributed by atoms with Crippen LogP contribution in [0, 0.1) is 5.82 Å². The van der Waals surface area contributed by atoms with Crippen LogP contribution < -0.4 is 11.1 Å². The molecule has 0 atom stereocenters. The van der Waals surface area contributed by atoms with Gasteiger partial charge in [-0.05, 0) is 12.1 Å². The van der Waals surface area contributed by atoms with Crippen molar-refractivity contribution < 1.29 is 13.6 Å². The van der Waals surface area contributed by atoms with Crippen molar-refractivity contribution >= 4 is 11.6 Å². The lowest BCUT2D eigenvalue weighted by atomic mass is 10.1. The van der Waals surface area contributed by atoms with Crippen molar-refractivity contribution in [2.24, 2.45) is 0 Å². The molecule has 76 valence electrons. The Bertz CT molecular complexity index is 342. The van der Waals surface area contributed by atoms with Gasteiger partial charge in [-0.15, -0.1) is 0 Å². The van der Waals surface area contributed by atoms with Crippen LogP contribution in [0.4, 0.5) is 14.5 Å². The van der Waals surface area contributed by atoms with E-state index in [1.807, 2.05) is 0 Å². The molecule has 0 aliphatic rings. The Kier molecular flexibility index (Phi) is 3.39. The van der Waals surface area contributed by atoms with Gasteiger partial charge < -0.3 is 11.1 Å². The van der Waals surface area contributed by atoms with Crippen LogP contribution in [-0.2, 0) is 0 Å². The fraction of sp³-hybridized carbons (Fsp3) is 0.222. The SMILES string of the molecule is Nc1cccc(C(=O)NCCF)c1F. The quantitative estimate of drug-likeness (QED) is 0.718. The summed E-state index contributed by atoms with van der Waals surface area (Å²) in [6.07, 6.45) is 0. The number of hydrogen-bond acceptors (Lipinski definition) is 2. The molecule has 0 fully saturated rings. The van der Waals surface area contributed by atoms with Crippen LogP contribution in [-0.4, -0.2) is 19.1 Å². The number of alkyl halides is 1. The number of hydrogen-bond donors (Lipinski definition) is 2. The van der Waals surface area contributed by atoms with E-state index in [1.165, 1.54) is 18.2 Å². The smallest absolute Gasteiger partial charge is 0.254 e. The summed E-state index contributed by atoms with van der Waals surface area (Å²) < 4.78 is 24.9. The fourth-order valence-electron chi connectivity index (χ4n) is 0.981. The molecule has 3 nitrogen and oxygen atoms in total. The molecule has 0 saturated heterocycles. The van der Waals surface area contributed by atoms with Gasteiger partial charge in [0, 0.05) is 6.54 Å². The minimum absolute atomic E-state index is 0.0992. The molecule has 1 amide bonds. The Morgan fingerprint density at radius 2 is 2.21 bits per heavy atom. The number of carbonyl (C=O) groups is 1. The Labute approximate surface area is 79.9 Å². The average Bonchev–Trinajstić information content (AvgIpc) is 2.18. The predicted molar refractivity (Wildman–Crippen MR) is 49.1 cm³/mol. The van der Waals surface area contributed by atoms with Crippen molar-refractivity contribution in [1.82, 2.24) is 5.32 Å². The summed E-state index contributed by atoms with van der Waals surface area (Å²) in [5.74, 6) is -1.43. The largest absolute Gasteiger partial charge is 0.396 e. The monoisotopic (exact) mass is 200 g/mol. The van der Waals surface area contributed by atoms with E-state index in [-0.39, 0.29) is 17.8 Å². The summed E-state index contributed by atoms with van der Waals surface area (Å²) in [6, 6.07) is 4.10. The highest BCUT2D eigenvalue weighted by molar-refractivity contribution is 5.95. The molecule has 1 aromatic carbocycles. The summed E-state index contributed by atoms with van der Waals surface area (Å²) in [7, 11) is 0. The summed E-state index contributed by atoms with van der Waals surface area (Å²) in [5.41, 5.74) is 4.99. The molecular formula is C9H10F2N2O. The van der Waals surface area contributed by atoms with Crippen molar-refractivity contribution in [3.05, 3.63) is 29.6 Å². The molecular weight excluding hydrogens is 190 g/mol. The van der Waals surface area contributed by atoms with Crippen molar-refractivity contribution in [3.63, 3.8) is 0 Å². The van der Waals surface area contributed by atoms with Gasteiger partial charge in [-0.1, -0.05) is 6.07 Å². The van der Waals surface area contributed by atoms with E-state index in [4.69, 9.17) is 5.73 Å². The molecule has 0 heterocycles. The maximum atomic E-state index is 13.2. The topological polar surface area (TPSA) is 55.1 Å². The molecule has 1 aromatic rings. The van der Waals surface area contributed by atoms with Crippen molar-refractivity contribution in [2.45, 2.75) is 0 Å². The Hall–Kier alpha value is -1.65. The molecule has 0 aliphatic carbocycles. The molecule has 14 heavy (non-hydrogen) atoms. The van der Waals surface area contributed by atoms with E-state index >= 15 is 0 Å². The van der Waals surface area contributed by atoms with Gasteiger partial charge in [-0.25, -0.2) is 8.78 Å². The van der Waals surface area contributed by atoms with Gasteiger partial charge in [-0.3, -0.25) is 4.79 Å². The van der Waals surface area contributed by atoms with Crippen LogP contribution in [0.25, 0.3) is 0 Å². The maximum absolute atomic E-state index is 13.2. The first-order chi connectivity index (χ1) is 6.66. The molecule has 0 radical (unpaired) electrons. The minimum Gasteiger partial charge on any atom is -0.396 e. The first-order valence-electron chi connectivity index (χ1n) is 4.05. The third kappa shape index (κ3) is 2.18. The van der Waals surface area contributed by atoms with Gasteiger partial charge >= 0.3 is 0 Å². The lowest BCUT2D eigenvalue weighted by Gasteiger charge is -2.05. The van der Waals surface area contributed by atoms with Crippen LogP contribution >= 0.6 is 0 Å². The summed E-state index contributed by atoms with van der Waals surface area (Å²) in [4.78, 5) is 11.2. The van der Waals surface area contributed by atoms with Gasteiger partial charge in [0.1, 0.15) is 6.67 Å². The second kappa shape index (κ2) is 4.55. The zero-order valence-corrected chi connectivity index (χ0v) is 7.39. The van der Waals surface area contributed by atoms with Crippen molar-refractivity contribution in [3.8, 4) is 0 Å². The number of carbonyl (C=O) groups excluding carboxylic acids is 1. The zero-order chi connectivity index (χ0) is 10.6. The molecule has 0 aromatic heterocycles. The third-order valence-electron chi connectivity index (χ3n) is 1.65. The molecule has 0 spiro atoms. The standard InChI is InChI=1S/C9H10F2N2O/c10-4-5-13-9(14)6-2-1-3-7(12)8(6)11/h1-3H,4-5,12H2,(H,13,14). The van der Waals surface area contributed by atoms with Crippen LogP contribution in [0.1, 0.15) is 10.4 Å². The van der Waals surface area contributed by atoms with Crippen molar-refractivity contribution in [1.29, 1.82) is 0 Å². The Balaban J connectivity index is 2.84. The molecule has 0 saturated carbocycles.